The van der Waals surface area contributed by atoms with Crippen LogP contribution in [0.5, 0.6) is 5.75 Å². The lowest BCUT2D eigenvalue weighted by Crippen LogP contribution is -1.99. The molecular weight excluding hydrogens is 188 g/mol. The summed E-state index contributed by atoms with van der Waals surface area (Å²) in [5.41, 5.74) is 2.49. The van der Waals surface area contributed by atoms with Crippen LogP contribution in [0, 0.1) is 0 Å². The second-order valence-electron chi connectivity index (χ2n) is 3.61. The molecule has 0 radical (unpaired) electrons. The van der Waals surface area contributed by atoms with E-state index in [9.17, 15) is 4.79 Å². The monoisotopic (exact) mass is 206 g/mol. The highest BCUT2D eigenvalue weighted by Gasteiger charge is 2.07. The molecule has 0 aliphatic heterocycles. The number of benzene rings is 1. The standard InChI is InChI=1S/C13H18O2/c1-3-6-11-8-5-9-13(15-10-14)12(11)7-4-2/h5,8-10H,3-4,6-7H2,1-2H3. The Labute approximate surface area is 91.3 Å². The van der Waals surface area contributed by atoms with Crippen molar-refractivity contribution in [1.29, 1.82) is 0 Å². The number of ether oxygens (including phenoxy) is 1. The number of hydrogen-bond donors (Lipinski definition) is 0. The molecule has 1 rings (SSSR count). The molecule has 2 heteroatoms. The smallest absolute Gasteiger partial charge is 0.298 e. The van der Waals surface area contributed by atoms with Crippen LogP contribution in [0.25, 0.3) is 0 Å². The highest BCUT2D eigenvalue weighted by Crippen LogP contribution is 2.24. The normalized spacial score (nSPS) is 10.0. The van der Waals surface area contributed by atoms with Gasteiger partial charge in [-0.05, 0) is 30.0 Å². The van der Waals surface area contributed by atoms with E-state index in [1.54, 1.807) is 0 Å². The first-order chi connectivity index (χ1) is 7.33. The van der Waals surface area contributed by atoms with Crippen LogP contribution in [0.2, 0.25) is 0 Å². The minimum Gasteiger partial charge on any atom is -0.428 e. The molecule has 1 aromatic rings. The molecule has 0 atom stereocenters. The average molecular weight is 206 g/mol. The number of carbonyl (C=O) groups excluding carboxylic acids is 1. The molecular formula is C13H18O2. The quantitative estimate of drug-likeness (QED) is 0.668. The summed E-state index contributed by atoms with van der Waals surface area (Å²) in [7, 11) is 0. The lowest BCUT2D eigenvalue weighted by Gasteiger charge is -2.11. The van der Waals surface area contributed by atoms with E-state index in [2.05, 4.69) is 19.9 Å². The van der Waals surface area contributed by atoms with Crippen LogP contribution >= 0.6 is 0 Å². The van der Waals surface area contributed by atoms with Crippen LogP contribution in [0.15, 0.2) is 18.2 Å². The zero-order chi connectivity index (χ0) is 11.1. The van der Waals surface area contributed by atoms with Gasteiger partial charge in [-0.25, -0.2) is 0 Å². The topological polar surface area (TPSA) is 26.3 Å². The fourth-order valence-corrected chi connectivity index (χ4v) is 1.81. The molecule has 0 fully saturated rings. The maximum absolute atomic E-state index is 10.4. The average Bonchev–Trinajstić information content (AvgIpc) is 2.23. The Morgan fingerprint density at radius 1 is 1.20 bits per heavy atom. The van der Waals surface area contributed by atoms with Gasteiger partial charge >= 0.3 is 0 Å². The minimum absolute atomic E-state index is 0.504. The van der Waals surface area contributed by atoms with E-state index in [1.807, 2.05) is 12.1 Å². The van der Waals surface area contributed by atoms with Crippen molar-refractivity contribution < 1.29 is 9.53 Å². The Balaban J connectivity index is 3.02. The molecule has 0 aromatic heterocycles. The molecule has 0 bridgehead atoms. The molecule has 0 N–H and O–H groups in total. The molecule has 0 aliphatic carbocycles. The first-order valence-corrected chi connectivity index (χ1v) is 5.54. The van der Waals surface area contributed by atoms with Crippen molar-refractivity contribution in [2.75, 3.05) is 0 Å². The fraction of sp³-hybridized carbons (Fsp3) is 0.462. The lowest BCUT2D eigenvalue weighted by molar-refractivity contribution is -0.120. The highest BCUT2D eigenvalue weighted by molar-refractivity contribution is 5.50. The van der Waals surface area contributed by atoms with Crippen molar-refractivity contribution >= 4 is 6.47 Å². The predicted molar refractivity (Wildman–Crippen MR) is 61.1 cm³/mol. The summed E-state index contributed by atoms with van der Waals surface area (Å²) in [6.07, 6.45) is 4.20. The van der Waals surface area contributed by atoms with Gasteiger partial charge in [0.25, 0.3) is 6.47 Å². The maximum atomic E-state index is 10.4. The summed E-state index contributed by atoms with van der Waals surface area (Å²) in [5, 5.41) is 0. The number of hydrogen-bond acceptors (Lipinski definition) is 2. The Kier molecular flexibility index (Phi) is 4.88. The highest BCUT2D eigenvalue weighted by atomic mass is 16.5. The molecule has 1 aromatic carbocycles. The summed E-state index contributed by atoms with van der Waals surface area (Å²) in [4.78, 5) is 10.4. The summed E-state index contributed by atoms with van der Waals surface area (Å²) in [6, 6.07) is 5.92. The van der Waals surface area contributed by atoms with E-state index in [0.717, 1.165) is 31.4 Å². The molecule has 0 unspecified atom stereocenters. The molecule has 2 nitrogen and oxygen atoms in total. The van der Waals surface area contributed by atoms with Crippen LogP contribution in [-0.4, -0.2) is 6.47 Å². The van der Waals surface area contributed by atoms with E-state index in [1.165, 1.54) is 11.1 Å². The van der Waals surface area contributed by atoms with Crippen molar-refractivity contribution in [3.63, 3.8) is 0 Å². The SMILES string of the molecule is CCCc1cccc(OC=O)c1CCC. The fourth-order valence-electron chi connectivity index (χ4n) is 1.81. The van der Waals surface area contributed by atoms with Gasteiger partial charge in [0, 0.05) is 0 Å². The predicted octanol–water partition coefficient (Wildman–Crippen LogP) is 3.13. The molecule has 82 valence electrons. The summed E-state index contributed by atoms with van der Waals surface area (Å²) < 4.78 is 5.00. The summed E-state index contributed by atoms with van der Waals surface area (Å²) in [6.45, 7) is 4.79. The van der Waals surface area contributed by atoms with E-state index in [0.29, 0.717) is 6.47 Å². The van der Waals surface area contributed by atoms with Crippen molar-refractivity contribution in [2.45, 2.75) is 39.5 Å². The molecule has 0 spiro atoms. The molecule has 0 heterocycles. The van der Waals surface area contributed by atoms with Crippen LogP contribution in [0.3, 0.4) is 0 Å². The maximum Gasteiger partial charge on any atom is 0.298 e. The van der Waals surface area contributed by atoms with Crippen LogP contribution < -0.4 is 4.74 Å². The Morgan fingerprint density at radius 2 is 1.93 bits per heavy atom. The second-order valence-corrected chi connectivity index (χ2v) is 3.61. The number of carbonyl (C=O) groups is 1. The van der Waals surface area contributed by atoms with Crippen molar-refractivity contribution in [3.05, 3.63) is 29.3 Å². The Hall–Kier alpha value is -1.31. The van der Waals surface area contributed by atoms with Gasteiger partial charge in [0.1, 0.15) is 5.75 Å². The van der Waals surface area contributed by atoms with Gasteiger partial charge in [-0.1, -0.05) is 38.8 Å². The van der Waals surface area contributed by atoms with Crippen LogP contribution in [0.4, 0.5) is 0 Å². The number of aryl methyl sites for hydroxylation is 1. The van der Waals surface area contributed by atoms with Crippen molar-refractivity contribution in [3.8, 4) is 5.75 Å². The van der Waals surface area contributed by atoms with E-state index in [4.69, 9.17) is 4.74 Å². The molecule has 0 aliphatic rings. The molecule has 0 saturated carbocycles. The van der Waals surface area contributed by atoms with Gasteiger partial charge in [0.05, 0.1) is 0 Å². The minimum atomic E-state index is 0.504. The first-order valence-electron chi connectivity index (χ1n) is 5.54. The van der Waals surface area contributed by atoms with Crippen molar-refractivity contribution in [1.82, 2.24) is 0 Å². The third-order valence-electron chi connectivity index (χ3n) is 2.42. The second kappa shape index (κ2) is 6.23. The lowest BCUT2D eigenvalue weighted by atomic mass is 9.99. The zero-order valence-electron chi connectivity index (χ0n) is 9.45. The molecule has 0 amide bonds. The van der Waals surface area contributed by atoms with E-state index in [-0.39, 0.29) is 0 Å². The van der Waals surface area contributed by atoms with Crippen LogP contribution in [0.1, 0.15) is 37.8 Å². The first kappa shape index (κ1) is 11.8. The van der Waals surface area contributed by atoms with Gasteiger partial charge in [0.15, 0.2) is 0 Å². The third-order valence-corrected chi connectivity index (χ3v) is 2.42. The summed E-state index contributed by atoms with van der Waals surface area (Å²) in [5.74, 6) is 0.720. The van der Waals surface area contributed by atoms with Crippen LogP contribution in [-0.2, 0) is 17.6 Å². The van der Waals surface area contributed by atoms with E-state index >= 15 is 0 Å². The Bertz CT molecular complexity index is 318. The van der Waals surface area contributed by atoms with Crippen molar-refractivity contribution in [2.24, 2.45) is 0 Å². The van der Waals surface area contributed by atoms with E-state index < -0.39 is 0 Å². The van der Waals surface area contributed by atoms with Gasteiger partial charge in [-0.15, -0.1) is 0 Å². The zero-order valence-corrected chi connectivity index (χ0v) is 9.45. The van der Waals surface area contributed by atoms with Gasteiger partial charge in [0.2, 0.25) is 0 Å². The molecule has 15 heavy (non-hydrogen) atoms. The van der Waals surface area contributed by atoms with Gasteiger partial charge in [-0.3, -0.25) is 4.79 Å². The number of rotatable bonds is 6. The van der Waals surface area contributed by atoms with Gasteiger partial charge in [-0.2, -0.15) is 0 Å². The third kappa shape index (κ3) is 3.08. The molecule has 0 saturated heterocycles. The van der Waals surface area contributed by atoms with Gasteiger partial charge < -0.3 is 4.74 Å². The summed E-state index contributed by atoms with van der Waals surface area (Å²) >= 11 is 0. The largest absolute Gasteiger partial charge is 0.428 e. The Morgan fingerprint density at radius 3 is 2.53 bits per heavy atom.